The van der Waals surface area contributed by atoms with Crippen molar-refractivity contribution < 1.29 is 14.4 Å². The number of morpholine rings is 2. The maximum absolute atomic E-state index is 11.4. The van der Waals surface area contributed by atoms with Crippen molar-refractivity contribution in [1.29, 1.82) is 0 Å². The number of piperazine rings is 1. The summed E-state index contributed by atoms with van der Waals surface area (Å²) >= 11 is 0. The summed E-state index contributed by atoms with van der Waals surface area (Å²) in [5, 5.41) is 11.4. The third kappa shape index (κ3) is 4.79. The molecule has 1 aromatic heterocycles. The average molecular weight is 456 g/mol. The number of benzene rings is 1. The molecule has 3 fully saturated rings. The second kappa shape index (κ2) is 9.75. The molecule has 11 heteroatoms. The summed E-state index contributed by atoms with van der Waals surface area (Å²) in [5.41, 5.74) is 0.810. The van der Waals surface area contributed by atoms with E-state index in [-0.39, 0.29) is 10.6 Å². The van der Waals surface area contributed by atoms with Crippen LogP contribution in [0.1, 0.15) is 0 Å². The standard InChI is InChI=1S/C22H29N7O4/c30-29(31)19-4-2-1-3-18(19)25-5-7-28(8-6-25)22-23-20(26-9-13-32-14-10-26)17-21(24-22)27-11-15-33-16-12-27/h1-4,17H,5-16H2. The number of ether oxygens (including phenoxy) is 2. The van der Waals surface area contributed by atoms with Crippen LogP contribution in [0.3, 0.4) is 0 Å². The summed E-state index contributed by atoms with van der Waals surface area (Å²) in [6.45, 7) is 8.75. The minimum Gasteiger partial charge on any atom is -0.378 e. The molecule has 11 nitrogen and oxygen atoms in total. The molecule has 0 spiro atoms. The van der Waals surface area contributed by atoms with Crippen molar-refractivity contribution in [1.82, 2.24) is 9.97 Å². The molecule has 33 heavy (non-hydrogen) atoms. The number of rotatable bonds is 5. The van der Waals surface area contributed by atoms with Crippen molar-refractivity contribution in [3.63, 3.8) is 0 Å². The van der Waals surface area contributed by atoms with Crippen LogP contribution in [0.2, 0.25) is 0 Å². The zero-order valence-electron chi connectivity index (χ0n) is 18.6. The third-order valence-electron chi connectivity index (χ3n) is 6.34. The van der Waals surface area contributed by atoms with E-state index in [1.54, 1.807) is 12.1 Å². The molecule has 1 aromatic carbocycles. The molecule has 0 aliphatic carbocycles. The molecular weight excluding hydrogens is 426 g/mol. The number of para-hydroxylation sites is 2. The number of nitrogens with zero attached hydrogens (tertiary/aromatic N) is 7. The van der Waals surface area contributed by atoms with Crippen molar-refractivity contribution in [3.05, 3.63) is 40.4 Å². The summed E-state index contributed by atoms with van der Waals surface area (Å²) in [6.07, 6.45) is 0. The highest BCUT2D eigenvalue weighted by molar-refractivity contribution is 5.64. The fraction of sp³-hybridized carbons (Fsp3) is 0.545. The smallest absolute Gasteiger partial charge is 0.292 e. The average Bonchev–Trinajstić information content (AvgIpc) is 2.89. The van der Waals surface area contributed by atoms with Crippen molar-refractivity contribution in [2.75, 3.05) is 98.4 Å². The lowest BCUT2D eigenvalue weighted by Crippen LogP contribution is -2.47. The third-order valence-corrected chi connectivity index (χ3v) is 6.34. The maximum atomic E-state index is 11.4. The van der Waals surface area contributed by atoms with E-state index in [0.717, 1.165) is 37.8 Å². The van der Waals surface area contributed by atoms with Gasteiger partial charge in [-0.2, -0.15) is 9.97 Å². The van der Waals surface area contributed by atoms with Crippen LogP contribution in [0.5, 0.6) is 0 Å². The van der Waals surface area contributed by atoms with Gasteiger partial charge in [0.05, 0.1) is 31.4 Å². The van der Waals surface area contributed by atoms with E-state index in [1.807, 2.05) is 12.1 Å². The fourth-order valence-electron chi connectivity index (χ4n) is 4.49. The Balaban J connectivity index is 1.37. The van der Waals surface area contributed by atoms with Gasteiger partial charge in [0.15, 0.2) is 0 Å². The van der Waals surface area contributed by atoms with E-state index in [0.29, 0.717) is 64.2 Å². The largest absolute Gasteiger partial charge is 0.378 e. The van der Waals surface area contributed by atoms with E-state index in [2.05, 4.69) is 25.7 Å². The number of nitro benzene ring substituents is 1. The Morgan fingerprint density at radius 3 is 1.79 bits per heavy atom. The molecule has 5 rings (SSSR count). The number of hydrogen-bond acceptors (Lipinski definition) is 10. The van der Waals surface area contributed by atoms with Crippen LogP contribution in [0.4, 0.5) is 29.0 Å². The first kappa shape index (κ1) is 21.7. The van der Waals surface area contributed by atoms with Gasteiger partial charge in [0, 0.05) is 64.5 Å². The van der Waals surface area contributed by atoms with Gasteiger partial charge in [0.2, 0.25) is 5.95 Å². The van der Waals surface area contributed by atoms with Crippen LogP contribution in [-0.4, -0.2) is 93.7 Å². The summed E-state index contributed by atoms with van der Waals surface area (Å²) in [7, 11) is 0. The predicted octanol–water partition coefficient (Wildman–Crippen LogP) is 1.38. The van der Waals surface area contributed by atoms with Crippen molar-refractivity contribution in [3.8, 4) is 0 Å². The van der Waals surface area contributed by atoms with E-state index in [4.69, 9.17) is 19.4 Å². The number of aromatic nitrogens is 2. The molecule has 3 saturated heterocycles. The van der Waals surface area contributed by atoms with Gasteiger partial charge in [-0.25, -0.2) is 0 Å². The van der Waals surface area contributed by atoms with Gasteiger partial charge < -0.3 is 29.1 Å². The molecule has 4 heterocycles. The molecule has 176 valence electrons. The molecule has 0 bridgehead atoms. The minimum absolute atomic E-state index is 0.145. The lowest BCUT2D eigenvalue weighted by molar-refractivity contribution is -0.384. The Kier molecular flexibility index (Phi) is 6.40. The van der Waals surface area contributed by atoms with Gasteiger partial charge in [-0.05, 0) is 6.07 Å². The molecule has 0 unspecified atom stereocenters. The molecule has 0 radical (unpaired) electrons. The van der Waals surface area contributed by atoms with Crippen LogP contribution >= 0.6 is 0 Å². The van der Waals surface area contributed by atoms with Gasteiger partial charge in [-0.3, -0.25) is 10.1 Å². The van der Waals surface area contributed by atoms with E-state index < -0.39 is 0 Å². The Morgan fingerprint density at radius 1 is 0.727 bits per heavy atom. The summed E-state index contributed by atoms with van der Waals surface area (Å²) in [6, 6.07) is 9.00. The lowest BCUT2D eigenvalue weighted by Gasteiger charge is -2.37. The first-order valence-electron chi connectivity index (χ1n) is 11.5. The fourth-order valence-corrected chi connectivity index (χ4v) is 4.49. The first-order valence-corrected chi connectivity index (χ1v) is 11.5. The number of nitro groups is 1. The summed E-state index contributed by atoms with van der Waals surface area (Å²) in [5.74, 6) is 2.56. The molecular formula is C22H29N7O4. The van der Waals surface area contributed by atoms with E-state index >= 15 is 0 Å². The van der Waals surface area contributed by atoms with Crippen LogP contribution in [0.25, 0.3) is 0 Å². The molecule has 0 N–H and O–H groups in total. The normalized spacial score (nSPS) is 19.6. The Bertz CT molecular complexity index is 935. The minimum atomic E-state index is -0.314. The molecule has 0 saturated carbocycles. The highest BCUT2D eigenvalue weighted by Gasteiger charge is 2.26. The number of hydrogen-bond donors (Lipinski definition) is 0. The Morgan fingerprint density at radius 2 is 1.24 bits per heavy atom. The van der Waals surface area contributed by atoms with Gasteiger partial charge in [-0.15, -0.1) is 0 Å². The topological polar surface area (TPSA) is 100 Å². The van der Waals surface area contributed by atoms with Gasteiger partial charge in [0.1, 0.15) is 17.3 Å². The second-order valence-electron chi connectivity index (χ2n) is 8.30. The maximum Gasteiger partial charge on any atom is 0.292 e. The zero-order valence-corrected chi connectivity index (χ0v) is 18.6. The van der Waals surface area contributed by atoms with Crippen LogP contribution in [0, 0.1) is 10.1 Å². The predicted molar refractivity (Wildman–Crippen MR) is 126 cm³/mol. The van der Waals surface area contributed by atoms with E-state index in [1.165, 1.54) is 0 Å². The second-order valence-corrected chi connectivity index (χ2v) is 8.30. The van der Waals surface area contributed by atoms with Gasteiger partial charge >= 0.3 is 0 Å². The molecule has 0 atom stereocenters. The Labute approximate surface area is 192 Å². The zero-order chi connectivity index (χ0) is 22.6. The monoisotopic (exact) mass is 455 g/mol. The van der Waals surface area contributed by atoms with Crippen molar-refractivity contribution in [2.45, 2.75) is 0 Å². The summed E-state index contributed by atoms with van der Waals surface area (Å²) in [4.78, 5) is 29.7. The highest BCUT2D eigenvalue weighted by atomic mass is 16.6. The van der Waals surface area contributed by atoms with Crippen LogP contribution < -0.4 is 19.6 Å². The van der Waals surface area contributed by atoms with Crippen LogP contribution in [-0.2, 0) is 9.47 Å². The highest BCUT2D eigenvalue weighted by Crippen LogP contribution is 2.30. The first-order chi connectivity index (χ1) is 16.2. The lowest BCUT2D eigenvalue weighted by atomic mass is 10.2. The molecule has 2 aromatic rings. The summed E-state index contributed by atoms with van der Waals surface area (Å²) < 4.78 is 11.0. The van der Waals surface area contributed by atoms with Gasteiger partial charge in [0.25, 0.3) is 5.69 Å². The molecule has 3 aliphatic rings. The SMILES string of the molecule is O=[N+]([O-])c1ccccc1N1CCN(c2nc(N3CCOCC3)cc(N3CCOCC3)n2)CC1. The molecule has 0 amide bonds. The van der Waals surface area contributed by atoms with Crippen molar-refractivity contribution in [2.24, 2.45) is 0 Å². The van der Waals surface area contributed by atoms with Crippen molar-refractivity contribution >= 4 is 29.0 Å². The molecule has 3 aliphatic heterocycles. The quantitative estimate of drug-likeness (QED) is 0.486. The Hall–Kier alpha value is -3.18. The van der Waals surface area contributed by atoms with Gasteiger partial charge in [-0.1, -0.05) is 12.1 Å². The number of anilines is 4. The van der Waals surface area contributed by atoms with Crippen LogP contribution in [0.15, 0.2) is 30.3 Å². The van der Waals surface area contributed by atoms with E-state index in [9.17, 15) is 10.1 Å².